The lowest BCUT2D eigenvalue weighted by Crippen LogP contribution is -2.48. The standard InChI is InChI=1S/C26H33N3O5/c1-17-14-29(19(3)30)18(2)16-34-23-13-21(27-25(31)20-9-7-6-8-10-20)11-12-22(23)26(32)28(4)15-24(17)33-5/h6-13,17-18,24H,14-16H2,1-5H3,(H,27,31)/t17-,18-,24-/m0/s1. The van der Waals surface area contributed by atoms with Gasteiger partial charge in [0.2, 0.25) is 5.91 Å². The fourth-order valence-electron chi connectivity index (χ4n) is 4.08. The molecule has 3 amide bonds. The topological polar surface area (TPSA) is 88.2 Å². The SMILES string of the molecule is CO[C@H]1CN(C)C(=O)c2ccc(NC(=O)c3ccccc3)cc2OC[C@H](C)N(C(C)=O)C[C@@H]1C. The molecule has 182 valence electrons. The minimum atomic E-state index is -0.259. The molecule has 0 aliphatic carbocycles. The van der Waals surface area contributed by atoms with Gasteiger partial charge in [-0.3, -0.25) is 14.4 Å². The van der Waals surface area contributed by atoms with Gasteiger partial charge < -0.3 is 24.6 Å². The van der Waals surface area contributed by atoms with Crippen LogP contribution in [0.5, 0.6) is 5.75 Å². The van der Waals surface area contributed by atoms with Crippen molar-refractivity contribution in [3.63, 3.8) is 0 Å². The summed E-state index contributed by atoms with van der Waals surface area (Å²) in [5.41, 5.74) is 1.41. The van der Waals surface area contributed by atoms with Gasteiger partial charge in [0.15, 0.2) is 0 Å². The zero-order chi connectivity index (χ0) is 24.8. The van der Waals surface area contributed by atoms with E-state index in [1.807, 2.05) is 19.9 Å². The lowest BCUT2D eigenvalue weighted by atomic mass is 10.0. The maximum absolute atomic E-state index is 13.3. The normalized spacial score (nSPS) is 21.6. The highest BCUT2D eigenvalue weighted by Crippen LogP contribution is 2.27. The molecule has 0 saturated carbocycles. The van der Waals surface area contributed by atoms with Crippen molar-refractivity contribution in [2.24, 2.45) is 5.92 Å². The van der Waals surface area contributed by atoms with Crippen LogP contribution in [0, 0.1) is 5.92 Å². The summed E-state index contributed by atoms with van der Waals surface area (Å²) in [5, 5.41) is 2.85. The zero-order valence-corrected chi connectivity index (χ0v) is 20.4. The number of carbonyl (C=O) groups excluding carboxylic acids is 3. The van der Waals surface area contributed by atoms with Crippen LogP contribution >= 0.6 is 0 Å². The molecule has 3 rings (SSSR count). The number of hydrogen-bond acceptors (Lipinski definition) is 5. The Labute approximate surface area is 200 Å². The van der Waals surface area contributed by atoms with Crippen molar-refractivity contribution in [1.82, 2.24) is 9.80 Å². The Morgan fingerprint density at radius 3 is 2.44 bits per heavy atom. The van der Waals surface area contributed by atoms with Crippen LogP contribution in [0.3, 0.4) is 0 Å². The summed E-state index contributed by atoms with van der Waals surface area (Å²) in [4.78, 5) is 41.6. The molecule has 1 aliphatic rings. The summed E-state index contributed by atoms with van der Waals surface area (Å²) < 4.78 is 11.7. The summed E-state index contributed by atoms with van der Waals surface area (Å²) >= 11 is 0. The molecule has 0 spiro atoms. The predicted octanol–water partition coefficient (Wildman–Crippen LogP) is 3.29. The van der Waals surface area contributed by atoms with E-state index < -0.39 is 0 Å². The van der Waals surface area contributed by atoms with Crippen LogP contribution in [-0.4, -0.2) is 73.5 Å². The molecule has 1 heterocycles. The van der Waals surface area contributed by atoms with Gasteiger partial charge in [-0.1, -0.05) is 25.1 Å². The molecular formula is C26H33N3O5. The van der Waals surface area contributed by atoms with Crippen LogP contribution < -0.4 is 10.1 Å². The summed E-state index contributed by atoms with van der Waals surface area (Å²) in [6, 6.07) is 13.6. The third kappa shape index (κ3) is 5.94. The Bertz CT molecular complexity index is 1030. The summed E-state index contributed by atoms with van der Waals surface area (Å²) in [5.74, 6) is -0.155. The molecule has 2 aromatic carbocycles. The zero-order valence-electron chi connectivity index (χ0n) is 20.4. The molecule has 1 N–H and O–H groups in total. The van der Waals surface area contributed by atoms with Gasteiger partial charge in [0, 0.05) is 57.4 Å². The number of amides is 3. The molecular weight excluding hydrogens is 434 g/mol. The van der Waals surface area contributed by atoms with Gasteiger partial charge in [0.25, 0.3) is 11.8 Å². The van der Waals surface area contributed by atoms with E-state index in [1.54, 1.807) is 66.4 Å². The van der Waals surface area contributed by atoms with Gasteiger partial charge in [-0.25, -0.2) is 0 Å². The van der Waals surface area contributed by atoms with Crippen molar-refractivity contribution in [3.8, 4) is 5.75 Å². The fraction of sp³-hybridized carbons (Fsp3) is 0.423. The third-order valence-electron chi connectivity index (χ3n) is 6.15. The van der Waals surface area contributed by atoms with Crippen molar-refractivity contribution in [2.45, 2.75) is 32.9 Å². The average Bonchev–Trinajstić information content (AvgIpc) is 2.83. The van der Waals surface area contributed by atoms with Crippen LogP contribution in [0.2, 0.25) is 0 Å². The van der Waals surface area contributed by atoms with E-state index >= 15 is 0 Å². The van der Waals surface area contributed by atoms with E-state index in [0.717, 1.165) is 0 Å². The number of methoxy groups -OCH3 is 1. The lowest BCUT2D eigenvalue weighted by molar-refractivity contribution is -0.133. The second kappa shape index (κ2) is 11.2. The number of carbonyl (C=O) groups is 3. The third-order valence-corrected chi connectivity index (χ3v) is 6.15. The smallest absolute Gasteiger partial charge is 0.257 e. The van der Waals surface area contributed by atoms with Gasteiger partial charge >= 0.3 is 0 Å². The van der Waals surface area contributed by atoms with Gasteiger partial charge in [0.1, 0.15) is 12.4 Å². The lowest BCUT2D eigenvalue weighted by Gasteiger charge is -2.35. The number of likely N-dealkylation sites (N-methyl/N-ethyl adjacent to an activating group) is 1. The largest absolute Gasteiger partial charge is 0.491 e. The van der Waals surface area contributed by atoms with Gasteiger partial charge in [-0.15, -0.1) is 0 Å². The van der Waals surface area contributed by atoms with Crippen molar-refractivity contribution in [1.29, 1.82) is 0 Å². The number of fused-ring (bicyclic) bond motifs is 1. The maximum Gasteiger partial charge on any atom is 0.257 e. The van der Waals surface area contributed by atoms with Crippen molar-refractivity contribution in [3.05, 3.63) is 59.7 Å². The van der Waals surface area contributed by atoms with Gasteiger partial charge in [0.05, 0.1) is 17.7 Å². The Balaban J connectivity index is 1.93. The molecule has 0 bridgehead atoms. The Kier molecular flexibility index (Phi) is 8.28. The van der Waals surface area contributed by atoms with E-state index in [4.69, 9.17) is 9.47 Å². The number of nitrogens with zero attached hydrogens (tertiary/aromatic N) is 2. The van der Waals surface area contributed by atoms with E-state index in [-0.39, 0.29) is 42.4 Å². The number of anilines is 1. The fourth-order valence-corrected chi connectivity index (χ4v) is 4.08. The molecule has 8 nitrogen and oxygen atoms in total. The Morgan fingerprint density at radius 1 is 1.09 bits per heavy atom. The van der Waals surface area contributed by atoms with E-state index in [2.05, 4.69) is 5.32 Å². The number of nitrogens with one attached hydrogen (secondary N) is 1. The number of hydrogen-bond donors (Lipinski definition) is 1. The number of rotatable bonds is 3. The van der Waals surface area contributed by atoms with E-state index in [1.165, 1.54) is 6.92 Å². The summed E-state index contributed by atoms with van der Waals surface area (Å²) in [6.07, 6.45) is -0.240. The Hall–Kier alpha value is -3.39. The highest BCUT2D eigenvalue weighted by atomic mass is 16.5. The predicted molar refractivity (Wildman–Crippen MR) is 130 cm³/mol. The molecule has 2 aromatic rings. The first kappa shape index (κ1) is 25.2. The first-order chi connectivity index (χ1) is 16.2. The summed E-state index contributed by atoms with van der Waals surface area (Å²) in [7, 11) is 3.33. The highest BCUT2D eigenvalue weighted by molar-refractivity contribution is 6.05. The number of ether oxygens (including phenoxy) is 2. The second-order valence-electron chi connectivity index (χ2n) is 8.80. The van der Waals surface area contributed by atoms with E-state index in [0.29, 0.717) is 35.7 Å². The summed E-state index contributed by atoms with van der Waals surface area (Å²) in [6.45, 7) is 6.51. The number of benzene rings is 2. The second-order valence-corrected chi connectivity index (χ2v) is 8.80. The Morgan fingerprint density at radius 2 is 1.79 bits per heavy atom. The molecule has 3 atom stereocenters. The van der Waals surface area contributed by atoms with Crippen LogP contribution in [0.4, 0.5) is 5.69 Å². The van der Waals surface area contributed by atoms with Crippen LogP contribution in [0.1, 0.15) is 41.5 Å². The minimum absolute atomic E-state index is 0.0149. The van der Waals surface area contributed by atoms with Crippen LogP contribution in [-0.2, 0) is 9.53 Å². The molecule has 0 radical (unpaired) electrons. The van der Waals surface area contributed by atoms with Gasteiger partial charge in [-0.05, 0) is 31.2 Å². The molecule has 1 aliphatic heterocycles. The quantitative estimate of drug-likeness (QED) is 0.748. The highest BCUT2D eigenvalue weighted by Gasteiger charge is 2.29. The molecule has 0 unspecified atom stereocenters. The molecule has 0 aromatic heterocycles. The van der Waals surface area contributed by atoms with Crippen LogP contribution in [0.25, 0.3) is 0 Å². The van der Waals surface area contributed by atoms with E-state index in [9.17, 15) is 14.4 Å². The first-order valence-electron chi connectivity index (χ1n) is 11.4. The molecule has 8 heteroatoms. The maximum atomic E-state index is 13.3. The first-order valence-corrected chi connectivity index (χ1v) is 11.4. The molecule has 34 heavy (non-hydrogen) atoms. The van der Waals surface area contributed by atoms with Crippen molar-refractivity contribution in [2.75, 3.05) is 39.2 Å². The minimum Gasteiger partial charge on any atom is -0.491 e. The monoisotopic (exact) mass is 467 g/mol. The van der Waals surface area contributed by atoms with Crippen molar-refractivity contribution >= 4 is 23.4 Å². The van der Waals surface area contributed by atoms with Gasteiger partial charge in [-0.2, -0.15) is 0 Å². The average molecular weight is 468 g/mol. The van der Waals surface area contributed by atoms with Crippen molar-refractivity contribution < 1.29 is 23.9 Å². The molecule has 0 fully saturated rings. The molecule has 0 saturated heterocycles. The van der Waals surface area contributed by atoms with Crippen LogP contribution in [0.15, 0.2) is 48.5 Å².